The molecule has 0 unspecified atom stereocenters. The molecule has 1 spiro atoms. The number of fused-ring (bicyclic) bond motifs is 3. The summed E-state index contributed by atoms with van der Waals surface area (Å²) in [6, 6.07) is 0. The van der Waals surface area contributed by atoms with Gasteiger partial charge < -0.3 is 24.1 Å². The molecule has 9 heteroatoms. The number of allylic oxidation sites excluding steroid dienone is 1. The van der Waals surface area contributed by atoms with E-state index in [0.717, 1.165) is 6.08 Å². The summed E-state index contributed by atoms with van der Waals surface area (Å²) in [7, 11) is 0. The van der Waals surface area contributed by atoms with E-state index in [9.17, 15) is 24.3 Å². The summed E-state index contributed by atoms with van der Waals surface area (Å²) >= 11 is 0. The Bertz CT molecular complexity index is 1150. The molecule has 6 aliphatic rings. The molecule has 0 radical (unpaired) electrons. The minimum atomic E-state index is -1.52. The number of hydrogen-bond acceptors (Lipinski definition) is 9. The summed E-state index contributed by atoms with van der Waals surface area (Å²) in [4.78, 5) is 51.5. The van der Waals surface area contributed by atoms with Gasteiger partial charge in [0.1, 0.15) is 23.1 Å². The molecule has 4 fully saturated rings. The molecule has 2 saturated heterocycles. The van der Waals surface area contributed by atoms with Crippen molar-refractivity contribution >= 4 is 23.7 Å². The van der Waals surface area contributed by atoms with Gasteiger partial charge in [-0.3, -0.25) is 4.79 Å². The van der Waals surface area contributed by atoms with Crippen LogP contribution in [0.15, 0.2) is 23.8 Å². The summed E-state index contributed by atoms with van der Waals surface area (Å²) in [5, 5.41) is 10.4. The van der Waals surface area contributed by atoms with E-state index in [-0.39, 0.29) is 29.6 Å². The van der Waals surface area contributed by atoms with Crippen LogP contribution in [0.25, 0.3) is 0 Å². The third-order valence-corrected chi connectivity index (χ3v) is 10.3. The quantitative estimate of drug-likeness (QED) is 0.335. The maximum atomic E-state index is 14.2. The molecule has 4 heterocycles. The van der Waals surface area contributed by atoms with E-state index < -0.39 is 63.9 Å². The van der Waals surface area contributed by atoms with Crippen LogP contribution < -0.4 is 0 Å². The minimum Gasteiger partial charge on any atom is -0.456 e. The van der Waals surface area contributed by atoms with Crippen LogP contribution in [-0.2, 0) is 38.1 Å². The summed E-state index contributed by atoms with van der Waals surface area (Å²) in [6.45, 7) is 9.54. The predicted molar refractivity (Wildman–Crippen MR) is 117 cm³/mol. The monoisotopic (exact) mass is 486 g/mol. The van der Waals surface area contributed by atoms with Crippen molar-refractivity contribution in [2.24, 2.45) is 28.1 Å². The highest BCUT2D eigenvalue weighted by Gasteiger charge is 2.88. The fourth-order valence-corrected chi connectivity index (χ4v) is 8.69. The van der Waals surface area contributed by atoms with E-state index in [1.807, 2.05) is 33.8 Å². The lowest BCUT2D eigenvalue weighted by Crippen LogP contribution is -2.72. The van der Waals surface area contributed by atoms with Gasteiger partial charge in [-0.2, -0.15) is 0 Å². The lowest BCUT2D eigenvalue weighted by molar-refractivity contribution is -0.212. The highest BCUT2D eigenvalue weighted by Crippen LogP contribution is 2.77. The molecule has 0 aromatic heterocycles. The Morgan fingerprint density at radius 3 is 2.31 bits per heavy atom. The van der Waals surface area contributed by atoms with Gasteiger partial charge in [0.25, 0.3) is 0 Å². The highest BCUT2D eigenvalue weighted by atomic mass is 16.7. The number of ketones is 1. The molecule has 35 heavy (non-hydrogen) atoms. The number of epoxide rings is 1. The summed E-state index contributed by atoms with van der Waals surface area (Å²) < 4.78 is 22.6. The number of ether oxygens (including phenoxy) is 4. The number of carbonyl (C=O) groups is 4. The van der Waals surface area contributed by atoms with E-state index in [4.69, 9.17) is 18.9 Å². The fraction of sp³-hybridized carbons (Fsp3) is 0.692. The van der Waals surface area contributed by atoms with Crippen molar-refractivity contribution < 1.29 is 43.2 Å². The third kappa shape index (κ3) is 2.46. The Balaban J connectivity index is 1.51. The van der Waals surface area contributed by atoms with Crippen molar-refractivity contribution in [2.75, 3.05) is 0 Å². The van der Waals surface area contributed by atoms with Crippen molar-refractivity contribution in [1.29, 1.82) is 0 Å². The van der Waals surface area contributed by atoms with Crippen LogP contribution in [0.4, 0.5) is 0 Å². The van der Waals surface area contributed by atoms with Crippen molar-refractivity contribution in [1.82, 2.24) is 0 Å². The van der Waals surface area contributed by atoms with E-state index in [0.29, 0.717) is 12.8 Å². The molecular formula is C26H30O9. The minimum absolute atomic E-state index is 0.0421. The third-order valence-electron chi connectivity index (χ3n) is 10.3. The van der Waals surface area contributed by atoms with Crippen LogP contribution in [0.3, 0.4) is 0 Å². The first-order valence-corrected chi connectivity index (χ1v) is 12.2. The number of esters is 3. The van der Waals surface area contributed by atoms with Gasteiger partial charge in [-0.05, 0) is 44.9 Å². The Morgan fingerprint density at radius 2 is 1.66 bits per heavy atom. The van der Waals surface area contributed by atoms with Gasteiger partial charge in [0.05, 0.1) is 5.41 Å². The second kappa shape index (κ2) is 6.42. The van der Waals surface area contributed by atoms with Crippen LogP contribution in [0.5, 0.6) is 0 Å². The predicted octanol–water partition coefficient (Wildman–Crippen LogP) is 1.76. The van der Waals surface area contributed by atoms with Gasteiger partial charge in [-0.1, -0.05) is 19.9 Å². The summed E-state index contributed by atoms with van der Waals surface area (Å²) in [5.74, 6) is -2.29. The molecule has 2 saturated carbocycles. The molecule has 1 N–H and O–H groups in total. The first-order chi connectivity index (χ1) is 16.2. The largest absolute Gasteiger partial charge is 0.456 e. The molecule has 0 bridgehead atoms. The van der Waals surface area contributed by atoms with Crippen molar-refractivity contribution in [2.45, 2.75) is 83.6 Å². The molecule has 6 rings (SSSR count). The zero-order chi connectivity index (χ0) is 25.3. The molecule has 9 atom stereocenters. The van der Waals surface area contributed by atoms with Gasteiger partial charge >= 0.3 is 17.9 Å². The summed E-state index contributed by atoms with van der Waals surface area (Å²) in [6.07, 6.45) is 2.35. The maximum absolute atomic E-state index is 14.2. The Morgan fingerprint density at radius 1 is 0.943 bits per heavy atom. The highest BCUT2D eigenvalue weighted by molar-refractivity contribution is 5.94. The number of aliphatic hydroxyl groups is 1. The summed E-state index contributed by atoms with van der Waals surface area (Å²) in [5.41, 5.74) is -4.40. The fourth-order valence-electron chi connectivity index (χ4n) is 8.69. The second-order valence-electron chi connectivity index (χ2n) is 12.1. The molecule has 2 aliphatic carbocycles. The van der Waals surface area contributed by atoms with Crippen molar-refractivity contribution in [3.8, 4) is 0 Å². The number of aliphatic hydroxyl groups excluding tert-OH is 1. The maximum Gasteiger partial charge on any atom is 0.339 e. The molecule has 0 amide bonds. The van der Waals surface area contributed by atoms with Crippen LogP contribution in [-0.4, -0.2) is 58.5 Å². The molecule has 188 valence electrons. The molecule has 0 aromatic rings. The van der Waals surface area contributed by atoms with Crippen molar-refractivity contribution in [3.05, 3.63) is 23.8 Å². The molecule has 4 aliphatic heterocycles. The second-order valence-corrected chi connectivity index (χ2v) is 12.1. The smallest absolute Gasteiger partial charge is 0.339 e. The average Bonchev–Trinajstić information content (AvgIpc) is 3.47. The van der Waals surface area contributed by atoms with Crippen LogP contribution in [0, 0.1) is 28.1 Å². The molecule has 0 aromatic carbocycles. The van der Waals surface area contributed by atoms with Gasteiger partial charge in [0.2, 0.25) is 6.29 Å². The lowest BCUT2D eigenvalue weighted by atomic mass is 9.37. The van der Waals surface area contributed by atoms with Gasteiger partial charge in [-0.15, -0.1) is 0 Å². The molecular weight excluding hydrogens is 456 g/mol. The van der Waals surface area contributed by atoms with Gasteiger partial charge in [-0.25, -0.2) is 14.4 Å². The average molecular weight is 487 g/mol. The van der Waals surface area contributed by atoms with Crippen molar-refractivity contribution in [3.63, 3.8) is 0 Å². The number of rotatable bonds is 1. The van der Waals surface area contributed by atoms with E-state index in [1.165, 1.54) is 6.08 Å². The van der Waals surface area contributed by atoms with Gasteiger partial charge in [0.15, 0.2) is 6.10 Å². The number of Topliss-reactive ketones (excluding diaryl/α,β-unsaturated/α-hetero) is 1. The lowest BCUT2D eigenvalue weighted by Gasteiger charge is -2.65. The Hall–Kier alpha value is -2.52. The number of hydrogen-bond donors (Lipinski definition) is 1. The topological polar surface area (TPSA) is 129 Å². The molecule has 9 nitrogen and oxygen atoms in total. The van der Waals surface area contributed by atoms with Crippen LogP contribution >= 0.6 is 0 Å². The zero-order valence-corrected chi connectivity index (χ0v) is 20.5. The Kier molecular flexibility index (Phi) is 4.20. The van der Waals surface area contributed by atoms with Crippen LogP contribution in [0.2, 0.25) is 0 Å². The normalized spacial score (nSPS) is 51.5. The first kappa shape index (κ1) is 22.9. The van der Waals surface area contributed by atoms with E-state index >= 15 is 0 Å². The zero-order valence-electron chi connectivity index (χ0n) is 20.5. The standard InChI is InChI=1S/C26H30O9/c1-22(2)14-11-15(27)25(5)13(23(14,3)8-7-16(28)34-22)6-9-24(4)18(12-10-17(29)32-20(12)30)33-21(31)19-26(24,25)35-19/h7-8,10,13-14,18-20,30H,6,9,11H2,1-5H3/t13-,14-,18+,19-,20-,23-,24+,25+,26-/m0/s1. The van der Waals surface area contributed by atoms with Crippen LogP contribution in [0.1, 0.15) is 53.9 Å². The SMILES string of the molecule is CC1(C)OC(=O)C=C[C@]2(C)[C@H]1CC(=O)[C@@]1(C)[C@H]2CC[C@]2(C)[C@@H](C3=CC(=O)O[C@@H]3O)OC(=O)[C@@H]3O[C@]312. The Labute approximate surface area is 202 Å². The first-order valence-electron chi connectivity index (χ1n) is 12.2. The van der Waals surface area contributed by atoms with E-state index in [2.05, 4.69) is 6.92 Å². The number of cyclic esters (lactones) is 3. The van der Waals surface area contributed by atoms with Gasteiger partial charge in [0, 0.05) is 35.5 Å². The van der Waals surface area contributed by atoms with E-state index in [1.54, 1.807) is 0 Å². The number of carbonyl (C=O) groups excluding carboxylic acids is 4.